The Balaban J connectivity index is 0.000000150. The highest BCUT2D eigenvalue weighted by Gasteiger charge is 2.31. The molecule has 0 fully saturated rings. The first-order chi connectivity index (χ1) is 14.6. The monoisotopic (exact) mass is 507 g/mol. The van der Waals surface area contributed by atoms with Crippen LogP contribution in [0.3, 0.4) is 0 Å². The number of benzene rings is 4. The molecule has 0 saturated heterocycles. The van der Waals surface area contributed by atoms with Gasteiger partial charge in [-0.2, -0.15) is 0 Å². The van der Waals surface area contributed by atoms with Crippen molar-refractivity contribution in [2.45, 2.75) is 0 Å². The smallest absolute Gasteiger partial charge is 0.359 e. The fourth-order valence-corrected chi connectivity index (χ4v) is 6.05. The molecule has 0 radical (unpaired) electrons. The zero-order valence-electron chi connectivity index (χ0n) is 16.0. The van der Waals surface area contributed by atoms with Crippen molar-refractivity contribution in [2.75, 3.05) is 0 Å². The molecule has 0 amide bonds. The van der Waals surface area contributed by atoms with E-state index in [1.54, 1.807) is 49.6 Å². The van der Waals surface area contributed by atoms with Crippen molar-refractivity contribution in [3.63, 3.8) is 0 Å². The summed E-state index contributed by atoms with van der Waals surface area (Å²) in [4.78, 5) is 0. The second-order valence-electron chi connectivity index (χ2n) is 6.76. The van der Waals surface area contributed by atoms with Gasteiger partial charge in [0.1, 0.15) is 17.2 Å². The van der Waals surface area contributed by atoms with E-state index >= 15 is 0 Å². The van der Waals surface area contributed by atoms with E-state index in [-0.39, 0.29) is 38.5 Å². The summed E-state index contributed by atoms with van der Waals surface area (Å²) < 4.78 is 3.14. The molecular weight excluding hydrogens is 487 g/mol. The summed E-state index contributed by atoms with van der Waals surface area (Å²) in [5.41, 5.74) is 4.55. The Morgan fingerprint density at radius 2 is 1.00 bits per heavy atom. The number of halogens is 1. The molecule has 0 spiro atoms. The molecule has 0 saturated carbocycles. The van der Waals surface area contributed by atoms with Crippen LogP contribution in [-0.2, 0) is 0 Å². The fourth-order valence-electron chi connectivity index (χ4n) is 3.13. The Bertz CT molecular complexity index is 1130. The lowest BCUT2D eigenvalue weighted by Crippen LogP contribution is -3.61. The summed E-state index contributed by atoms with van der Waals surface area (Å²) in [5.74, 6) is 0.267. The van der Waals surface area contributed by atoms with Gasteiger partial charge in [0.15, 0.2) is 0 Å². The van der Waals surface area contributed by atoms with E-state index in [1.165, 1.54) is 17.2 Å². The Morgan fingerprint density at radius 1 is 0.500 bits per heavy atom. The average molecular weight is 507 g/mol. The van der Waals surface area contributed by atoms with Gasteiger partial charge in [-0.3, -0.25) is 0 Å². The van der Waals surface area contributed by atoms with Crippen LogP contribution in [0, 0.1) is 7.14 Å². The summed E-state index contributed by atoms with van der Waals surface area (Å²) in [6.45, 7) is 0. The Morgan fingerprint density at radius 3 is 1.57 bits per heavy atom. The maximum Gasteiger partial charge on any atom is 0.359 e. The molecule has 0 aliphatic carbocycles. The Hall–Kier alpha value is -3.25. The molecule has 148 valence electrons. The summed E-state index contributed by atoms with van der Waals surface area (Å²) >= 11 is 0.103. The molecule has 1 aliphatic rings. The van der Waals surface area contributed by atoms with E-state index < -0.39 is 0 Å². The van der Waals surface area contributed by atoms with E-state index in [4.69, 9.17) is 5.11 Å². The fraction of sp³-hybridized carbons (Fsp3) is 0. The maximum atomic E-state index is 9.30. The predicted octanol–water partition coefficient (Wildman–Crippen LogP) is 2.77. The minimum Gasteiger partial charge on any atom is -0.508 e. The molecule has 3 N–H and O–H groups in total. The number of rotatable bonds is 2. The first-order valence-electron chi connectivity index (χ1n) is 9.42. The van der Waals surface area contributed by atoms with E-state index in [1.807, 2.05) is 6.08 Å². The molecule has 1 heterocycles. The van der Waals surface area contributed by atoms with Crippen LogP contribution in [0.1, 0.15) is 11.1 Å². The lowest BCUT2D eigenvalue weighted by Gasteiger charge is -1.98. The minimum absolute atomic E-state index is 0.0235. The van der Waals surface area contributed by atoms with Crippen molar-refractivity contribution in [1.29, 1.82) is 0 Å². The van der Waals surface area contributed by atoms with Gasteiger partial charge in [0, 0.05) is 17.2 Å². The van der Waals surface area contributed by atoms with Crippen molar-refractivity contribution in [2.24, 2.45) is 0 Å². The second kappa shape index (κ2) is 9.05. The molecule has 0 bridgehead atoms. The molecule has 4 aromatic carbocycles. The zero-order chi connectivity index (χ0) is 20.9. The van der Waals surface area contributed by atoms with Gasteiger partial charge in [0.2, 0.25) is 7.14 Å². The third-order valence-corrected chi connectivity index (χ3v) is 7.57. The van der Waals surface area contributed by atoms with Gasteiger partial charge in [0.05, 0.1) is 0 Å². The Labute approximate surface area is 185 Å². The third kappa shape index (κ3) is 4.83. The number of phenols is 3. The van der Waals surface area contributed by atoms with Crippen LogP contribution in [0.2, 0.25) is 0 Å². The zero-order valence-corrected chi connectivity index (χ0v) is 18.2. The molecule has 4 aromatic rings. The van der Waals surface area contributed by atoms with Gasteiger partial charge in [-0.15, -0.1) is 0 Å². The minimum atomic E-state index is 0.0235. The highest BCUT2D eigenvalue weighted by Crippen LogP contribution is 2.22. The average Bonchev–Trinajstić information content (AvgIpc) is 3.12. The van der Waals surface area contributed by atoms with Crippen LogP contribution in [0.15, 0.2) is 91.0 Å². The van der Waals surface area contributed by atoms with Gasteiger partial charge in [-0.1, -0.05) is 48.6 Å². The van der Waals surface area contributed by atoms with E-state index in [0.717, 1.165) is 5.56 Å². The number of aromatic hydroxyl groups is 3. The topological polar surface area (TPSA) is 60.7 Å². The quantitative estimate of drug-likeness (QED) is 0.255. The molecule has 5 rings (SSSR count). The molecular formula is C26H20IO3+. The highest BCUT2D eigenvalue weighted by atomic mass is 127. The first-order valence-corrected chi connectivity index (χ1v) is 11.6. The molecule has 30 heavy (non-hydrogen) atoms. The van der Waals surface area contributed by atoms with Crippen LogP contribution < -0.4 is 21.2 Å². The SMILES string of the molecule is Oc1ccc(/C=C/c2cc(O)cc(O)c2)cc1.c1ccc2c(c1)[I+]c1ccccc1-2. The van der Waals surface area contributed by atoms with Crippen LogP contribution >= 0.6 is 0 Å². The number of fused-ring (bicyclic) bond motifs is 3. The summed E-state index contributed by atoms with van der Waals surface area (Å²) in [5, 5.41) is 27.7. The van der Waals surface area contributed by atoms with Gasteiger partial charge < -0.3 is 15.3 Å². The van der Waals surface area contributed by atoms with Crippen molar-refractivity contribution in [1.82, 2.24) is 0 Å². The molecule has 3 nitrogen and oxygen atoms in total. The van der Waals surface area contributed by atoms with Gasteiger partial charge in [-0.05, 0) is 59.7 Å². The normalized spacial score (nSPS) is 11.5. The summed E-state index contributed by atoms with van der Waals surface area (Å²) in [7, 11) is 0. The van der Waals surface area contributed by atoms with Crippen molar-refractivity contribution in [3.05, 3.63) is 109 Å². The second-order valence-corrected chi connectivity index (χ2v) is 9.63. The lowest BCUT2D eigenvalue weighted by atomic mass is 10.1. The first kappa shape index (κ1) is 20.0. The van der Waals surface area contributed by atoms with Crippen LogP contribution in [-0.4, -0.2) is 15.3 Å². The standard InChI is InChI=1S/C14H12O3.C12H8I/c15-12-5-3-10(4-6-12)1-2-11-7-13(16)9-14(17)8-11;1-3-7-11-9(5-1)10-6-2-4-8-12(10)13-11/h1-9,15-17H;1-8H/q;+1/b2-1+;. The van der Waals surface area contributed by atoms with Crippen LogP contribution in [0.25, 0.3) is 23.3 Å². The van der Waals surface area contributed by atoms with E-state index in [9.17, 15) is 10.2 Å². The van der Waals surface area contributed by atoms with Crippen molar-refractivity contribution in [3.8, 4) is 28.4 Å². The lowest BCUT2D eigenvalue weighted by molar-refractivity contribution is -0.589. The molecule has 4 heteroatoms. The maximum absolute atomic E-state index is 9.30. The predicted molar refractivity (Wildman–Crippen MR) is 116 cm³/mol. The number of phenolic OH excluding ortho intramolecular Hbond substituents is 3. The van der Waals surface area contributed by atoms with E-state index in [0.29, 0.717) is 5.56 Å². The van der Waals surface area contributed by atoms with Gasteiger partial charge in [-0.25, -0.2) is 0 Å². The largest absolute Gasteiger partial charge is 0.508 e. The molecule has 0 atom stereocenters. The van der Waals surface area contributed by atoms with Gasteiger partial charge >= 0.3 is 21.2 Å². The Kier molecular flexibility index (Phi) is 6.05. The van der Waals surface area contributed by atoms with Crippen molar-refractivity contribution < 1.29 is 36.5 Å². The number of hydrogen-bond donors (Lipinski definition) is 3. The van der Waals surface area contributed by atoms with Gasteiger partial charge in [0.25, 0.3) is 0 Å². The third-order valence-electron chi connectivity index (χ3n) is 4.53. The summed E-state index contributed by atoms with van der Waals surface area (Å²) in [6.07, 6.45) is 3.60. The highest BCUT2D eigenvalue weighted by molar-refractivity contribution is 5.71. The van der Waals surface area contributed by atoms with Crippen LogP contribution in [0.4, 0.5) is 0 Å². The summed E-state index contributed by atoms with van der Waals surface area (Å²) in [6, 6.07) is 28.7. The molecule has 0 aromatic heterocycles. The molecule has 1 aliphatic heterocycles. The molecule has 0 unspecified atom stereocenters. The van der Waals surface area contributed by atoms with Crippen LogP contribution in [0.5, 0.6) is 17.2 Å². The van der Waals surface area contributed by atoms with E-state index in [2.05, 4.69) is 48.5 Å². The number of hydrogen-bond acceptors (Lipinski definition) is 3. The van der Waals surface area contributed by atoms with Crippen molar-refractivity contribution >= 4 is 12.2 Å².